The van der Waals surface area contributed by atoms with Crippen LogP contribution in [0.2, 0.25) is 10.3 Å². The van der Waals surface area contributed by atoms with Crippen LogP contribution in [0.15, 0.2) is 165 Å². The highest BCUT2D eigenvalue weighted by atomic mass is 35.7. The Bertz CT molecular complexity index is 4050. The molecule has 374 valence electrons. The van der Waals surface area contributed by atoms with Crippen LogP contribution < -0.4 is 19.5 Å². The first-order valence-electron chi connectivity index (χ1n) is 22.2. The zero-order chi connectivity index (χ0) is 51.8. The summed E-state index contributed by atoms with van der Waals surface area (Å²) >= 11 is 11.9. The molecule has 0 spiro atoms. The van der Waals surface area contributed by atoms with Gasteiger partial charge in [-0.1, -0.05) is 53.5 Å². The van der Waals surface area contributed by atoms with Gasteiger partial charge in [0.05, 0.1) is 26.1 Å². The Labute approximate surface area is 433 Å². The number of hydrogen-bond donors (Lipinski definition) is 5. The number of phenols is 3. The molecule has 0 aliphatic carbocycles. The smallest absolute Gasteiger partial charge is 0.264 e. The summed E-state index contributed by atoms with van der Waals surface area (Å²) in [7, 11) is -6.01. The molecule has 0 atom stereocenters. The van der Waals surface area contributed by atoms with Crippen LogP contribution in [0.5, 0.6) is 17.2 Å². The van der Waals surface area contributed by atoms with Crippen molar-refractivity contribution in [1.29, 1.82) is 0 Å². The van der Waals surface area contributed by atoms with E-state index in [1.165, 1.54) is 57.0 Å². The molecule has 3 aromatic heterocycles. The number of phenolic OH excluding ortho intramolecular Hbond substituents is 3. The van der Waals surface area contributed by atoms with Crippen molar-refractivity contribution in [2.45, 2.75) is 33.9 Å². The molecule has 0 saturated heterocycles. The maximum Gasteiger partial charge on any atom is 0.264 e. The fourth-order valence-corrected chi connectivity index (χ4v) is 13.8. The number of sulfonamides is 2. The molecule has 0 saturated carbocycles. The summed E-state index contributed by atoms with van der Waals surface area (Å²) in [6.45, 7) is 1.65. The fourth-order valence-electron chi connectivity index (χ4n) is 8.88. The van der Waals surface area contributed by atoms with Gasteiger partial charge in [-0.3, -0.25) is 13.4 Å². The minimum absolute atomic E-state index is 0.0472. The van der Waals surface area contributed by atoms with Gasteiger partial charge >= 0.3 is 0 Å². The molecule has 6 aromatic carbocycles. The average Bonchev–Trinajstić information content (AvgIpc) is 4.13. The molecule has 9 aromatic rings. The lowest BCUT2D eigenvalue weighted by molar-refractivity contribution is 0.474. The molecular weight excluding hydrogens is 1060 g/mol. The number of pyridine rings is 3. The summed E-state index contributed by atoms with van der Waals surface area (Å²) in [4.78, 5) is 22.7. The summed E-state index contributed by atoms with van der Waals surface area (Å²) in [6.07, 6.45) is 6.52. The van der Waals surface area contributed by atoms with Crippen molar-refractivity contribution < 1.29 is 40.6 Å². The Morgan fingerprint density at radius 3 is 1.48 bits per heavy atom. The van der Waals surface area contributed by atoms with Gasteiger partial charge < -0.3 is 25.6 Å². The third-order valence-electron chi connectivity index (χ3n) is 12.2. The number of aromatic nitrogens is 3. The first kappa shape index (κ1) is 50.8. The van der Waals surface area contributed by atoms with E-state index in [4.69, 9.17) is 39.0 Å². The first-order valence-corrected chi connectivity index (χ1v) is 28.1. The van der Waals surface area contributed by atoms with Gasteiger partial charge in [-0.05, 0) is 133 Å². The van der Waals surface area contributed by atoms with Gasteiger partial charge in [0, 0.05) is 86.9 Å². The first-order chi connectivity index (χ1) is 34.8. The van der Waals surface area contributed by atoms with E-state index < -0.39 is 29.1 Å². The quantitative estimate of drug-likeness (QED) is 0.0614. The Morgan fingerprint density at radius 1 is 0.507 bits per heavy atom. The molecule has 6 heterocycles. The number of H-pyrrole nitrogens is 1. The van der Waals surface area contributed by atoms with Crippen molar-refractivity contribution in [1.82, 2.24) is 15.0 Å². The van der Waals surface area contributed by atoms with Gasteiger partial charge in [-0.2, -0.15) is 0 Å². The maximum absolute atomic E-state index is 13.2. The number of fused-ring (bicyclic) bond motifs is 6. The lowest BCUT2D eigenvalue weighted by atomic mass is 10.1. The predicted molar refractivity (Wildman–Crippen MR) is 284 cm³/mol. The average molecular weight is 1100 g/mol. The van der Waals surface area contributed by atoms with E-state index in [1.54, 1.807) is 91.0 Å². The molecule has 16 nitrogen and oxygen atoms in total. The lowest BCUT2D eigenvalue weighted by Gasteiger charge is -2.20. The molecule has 73 heavy (non-hydrogen) atoms. The van der Waals surface area contributed by atoms with Crippen molar-refractivity contribution in [3.05, 3.63) is 183 Å². The number of benzene rings is 6. The fraction of sp³-hybridized carbons (Fsp3) is 0.118. The van der Waals surface area contributed by atoms with E-state index in [0.29, 0.717) is 75.4 Å². The minimum atomic E-state index is -3.81. The Balaban J connectivity index is 0.000000126. The van der Waals surface area contributed by atoms with Crippen LogP contribution in [-0.4, -0.2) is 75.2 Å². The topological polar surface area (TPSA) is 240 Å². The summed E-state index contributed by atoms with van der Waals surface area (Å²) in [5.41, 5.74) is 4.84. The van der Waals surface area contributed by atoms with Crippen LogP contribution >= 0.6 is 33.9 Å². The predicted octanol–water partition coefficient (Wildman–Crippen LogP) is 9.51. The van der Waals surface area contributed by atoms with Gasteiger partial charge in [-0.25, -0.2) is 35.2 Å². The zero-order valence-electron chi connectivity index (χ0n) is 37.9. The van der Waals surface area contributed by atoms with E-state index in [0.717, 1.165) is 29.8 Å². The highest BCUT2D eigenvalue weighted by Gasteiger charge is 2.34. The van der Waals surface area contributed by atoms with E-state index in [9.17, 15) is 40.3 Å². The highest BCUT2D eigenvalue weighted by molar-refractivity contribution is 8.14. The summed E-state index contributed by atoms with van der Waals surface area (Å²) < 4.78 is 78.0. The largest absolute Gasteiger partial charge is 0.508 e. The molecular formula is C51H41Cl3N6O10S3. The van der Waals surface area contributed by atoms with Crippen molar-refractivity contribution in [3.8, 4) is 17.2 Å². The van der Waals surface area contributed by atoms with Crippen molar-refractivity contribution in [3.63, 3.8) is 0 Å². The Morgan fingerprint density at radius 2 is 0.959 bits per heavy atom. The van der Waals surface area contributed by atoms with Crippen LogP contribution in [0.1, 0.15) is 16.7 Å². The van der Waals surface area contributed by atoms with E-state index in [2.05, 4.69) is 20.3 Å². The molecule has 0 amide bonds. The zero-order valence-corrected chi connectivity index (χ0v) is 42.7. The minimum Gasteiger partial charge on any atom is -0.508 e. The summed E-state index contributed by atoms with van der Waals surface area (Å²) in [6, 6.07) is 34.0. The lowest BCUT2D eigenvalue weighted by Crippen LogP contribution is -2.29. The van der Waals surface area contributed by atoms with Crippen LogP contribution in [-0.2, 0) is 48.4 Å². The number of halogens is 3. The molecule has 3 aliphatic rings. The number of nitrogens with zero attached hydrogens (tertiary/aromatic N) is 4. The molecule has 12 rings (SSSR count). The molecule has 0 fully saturated rings. The van der Waals surface area contributed by atoms with E-state index in [1.807, 2.05) is 12.1 Å². The molecule has 22 heteroatoms. The number of aromatic amines is 1. The molecule has 3 aliphatic heterocycles. The summed E-state index contributed by atoms with van der Waals surface area (Å²) in [5.74, 6) is 0.614. The van der Waals surface area contributed by atoms with Gasteiger partial charge in [0.25, 0.3) is 34.7 Å². The number of hydrogen-bond acceptors (Lipinski definition) is 13. The molecule has 5 N–H and O–H groups in total. The van der Waals surface area contributed by atoms with Crippen molar-refractivity contribution in [2.24, 2.45) is 0 Å². The number of nitrogens with one attached hydrogen (secondary N) is 2. The molecule has 0 radical (unpaired) electrons. The maximum atomic E-state index is 13.2. The van der Waals surface area contributed by atoms with Crippen LogP contribution in [0, 0.1) is 0 Å². The SMILES string of the molecule is O=S(=O)(Cl)c1cccc2c(Cl)nccc12.O=S(=O)(c1cccc2c(Cl)nccc12)N1CCc2cc(O)ccc21.O=c1[nH]ccc2c(S(=O)(=O)N3CCc4cc(O)ccc43)cccc12.Oc1ccc2c(c1)CCN2. The summed E-state index contributed by atoms with van der Waals surface area (Å²) in [5, 5.41) is 34.9. The second kappa shape index (κ2) is 20.4. The van der Waals surface area contributed by atoms with Gasteiger partial charge in [0.2, 0.25) is 0 Å². The Hall–Kier alpha value is -7.13. The third kappa shape index (κ3) is 10.3. The van der Waals surface area contributed by atoms with Gasteiger partial charge in [0.15, 0.2) is 0 Å². The van der Waals surface area contributed by atoms with Gasteiger partial charge in [-0.15, -0.1) is 0 Å². The van der Waals surface area contributed by atoms with E-state index in [-0.39, 0.29) is 42.1 Å². The monoisotopic (exact) mass is 1100 g/mol. The normalized spacial score (nSPS) is 13.7. The van der Waals surface area contributed by atoms with Crippen LogP contribution in [0.3, 0.4) is 0 Å². The third-order valence-corrected chi connectivity index (χ3v) is 18.0. The highest BCUT2D eigenvalue weighted by Crippen LogP contribution is 2.39. The van der Waals surface area contributed by atoms with Gasteiger partial charge in [0.1, 0.15) is 27.6 Å². The number of anilines is 3. The Kier molecular flexibility index (Phi) is 14.2. The van der Waals surface area contributed by atoms with E-state index >= 15 is 0 Å². The second-order valence-electron chi connectivity index (χ2n) is 16.7. The standard InChI is InChI=1S/C17H13ClN2O3S.C17H14N2O4S.C9H5Cl2NO2S.C8H9NO/c18-17-14-2-1-3-16(13(14)6-8-19-17)24(22,23)20-9-7-11-10-12(21)4-5-15(11)20;20-12-4-5-15-11(10-12)7-9-19(15)24(22,23)16-3-1-2-14-13(16)6-8-18-17(14)21;10-9-7-2-1-3-8(15(11,13)14)6(7)4-5-12-9;10-7-1-2-8-6(5-7)3-4-9-8/h1-6,8,10,21H,7,9H2;1-6,8,10,20H,7,9H2,(H,18,21);1-5H;1-2,5,9-10H,3-4H2. The van der Waals surface area contributed by atoms with Crippen molar-refractivity contribution in [2.75, 3.05) is 33.6 Å². The van der Waals surface area contributed by atoms with Crippen LogP contribution in [0.25, 0.3) is 32.3 Å². The van der Waals surface area contributed by atoms with Crippen LogP contribution in [0.4, 0.5) is 17.1 Å². The van der Waals surface area contributed by atoms with Crippen molar-refractivity contribution >= 4 is 112 Å². The number of rotatable bonds is 5. The second-order valence-corrected chi connectivity index (χ2v) is 23.6. The molecule has 0 unspecified atom stereocenters. The number of aromatic hydroxyl groups is 3. The molecule has 0 bridgehead atoms.